The average Bonchev–Trinajstić information content (AvgIpc) is 2.07. The van der Waals surface area contributed by atoms with Gasteiger partial charge in [-0.05, 0) is 25.2 Å². The van der Waals surface area contributed by atoms with Crippen molar-refractivity contribution in [2.24, 2.45) is 5.92 Å². The van der Waals surface area contributed by atoms with Gasteiger partial charge >= 0.3 is 0 Å². The zero-order chi connectivity index (χ0) is 8.10. The SMILES string of the molecule is O[C@H](CCCl)C1CCCCC1. The van der Waals surface area contributed by atoms with Crippen LogP contribution >= 0.6 is 11.6 Å². The maximum absolute atomic E-state index is 9.59. The molecule has 0 aromatic heterocycles. The molecule has 0 aromatic rings. The summed E-state index contributed by atoms with van der Waals surface area (Å²) >= 11 is 5.56. The first-order valence-electron chi connectivity index (χ1n) is 4.58. The van der Waals surface area contributed by atoms with Crippen molar-refractivity contribution < 1.29 is 5.11 Å². The van der Waals surface area contributed by atoms with Crippen LogP contribution in [0.5, 0.6) is 0 Å². The van der Waals surface area contributed by atoms with Gasteiger partial charge in [-0.15, -0.1) is 11.6 Å². The van der Waals surface area contributed by atoms with E-state index in [-0.39, 0.29) is 6.10 Å². The highest BCUT2D eigenvalue weighted by molar-refractivity contribution is 6.17. The Morgan fingerprint density at radius 2 is 1.91 bits per heavy atom. The smallest absolute Gasteiger partial charge is 0.0579 e. The van der Waals surface area contributed by atoms with Crippen LogP contribution in [-0.2, 0) is 0 Å². The van der Waals surface area contributed by atoms with E-state index in [0.29, 0.717) is 11.8 Å². The number of rotatable bonds is 3. The minimum atomic E-state index is -0.132. The van der Waals surface area contributed by atoms with Crippen LogP contribution in [0.25, 0.3) is 0 Å². The monoisotopic (exact) mass is 176 g/mol. The van der Waals surface area contributed by atoms with Crippen molar-refractivity contribution in [1.82, 2.24) is 0 Å². The number of aliphatic hydroxyl groups is 1. The van der Waals surface area contributed by atoms with Crippen molar-refractivity contribution in [3.05, 3.63) is 0 Å². The zero-order valence-electron chi connectivity index (χ0n) is 6.93. The third kappa shape index (κ3) is 3.00. The molecule has 1 N–H and O–H groups in total. The van der Waals surface area contributed by atoms with Crippen molar-refractivity contribution in [3.8, 4) is 0 Å². The molecule has 1 aliphatic rings. The zero-order valence-corrected chi connectivity index (χ0v) is 7.69. The molecule has 1 nitrogen and oxygen atoms in total. The van der Waals surface area contributed by atoms with Gasteiger partial charge < -0.3 is 5.11 Å². The summed E-state index contributed by atoms with van der Waals surface area (Å²) in [5.41, 5.74) is 0. The third-order valence-corrected chi connectivity index (χ3v) is 2.82. The fourth-order valence-corrected chi connectivity index (χ4v) is 2.09. The Labute approximate surface area is 73.8 Å². The molecular weight excluding hydrogens is 160 g/mol. The molecular formula is C9H17ClO. The molecule has 1 rings (SSSR count). The Morgan fingerprint density at radius 3 is 2.45 bits per heavy atom. The molecule has 0 radical (unpaired) electrons. The van der Waals surface area contributed by atoms with E-state index in [1.165, 1.54) is 32.1 Å². The molecule has 0 aromatic carbocycles. The van der Waals surface area contributed by atoms with E-state index in [2.05, 4.69) is 0 Å². The molecule has 11 heavy (non-hydrogen) atoms. The molecule has 1 fully saturated rings. The maximum Gasteiger partial charge on any atom is 0.0579 e. The number of hydrogen-bond acceptors (Lipinski definition) is 1. The van der Waals surface area contributed by atoms with E-state index < -0.39 is 0 Å². The maximum atomic E-state index is 9.59. The second-order valence-electron chi connectivity index (χ2n) is 3.44. The number of alkyl halides is 1. The van der Waals surface area contributed by atoms with Crippen LogP contribution in [0, 0.1) is 5.92 Å². The van der Waals surface area contributed by atoms with Gasteiger partial charge in [0.05, 0.1) is 6.10 Å². The summed E-state index contributed by atoms with van der Waals surface area (Å²) in [5, 5.41) is 9.59. The van der Waals surface area contributed by atoms with Crippen molar-refractivity contribution in [2.45, 2.75) is 44.6 Å². The fraction of sp³-hybridized carbons (Fsp3) is 1.00. The number of halogens is 1. The summed E-state index contributed by atoms with van der Waals surface area (Å²) in [6.45, 7) is 0. The summed E-state index contributed by atoms with van der Waals surface area (Å²) in [7, 11) is 0. The molecule has 66 valence electrons. The van der Waals surface area contributed by atoms with E-state index in [0.717, 1.165) is 6.42 Å². The summed E-state index contributed by atoms with van der Waals surface area (Å²) in [4.78, 5) is 0. The van der Waals surface area contributed by atoms with Crippen molar-refractivity contribution >= 4 is 11.6 Å². The molecule has 0 bridgehead atoms. The molecule has 0 saturated heterocycles. The first kappa shape index (κ1) is 9.34. The predicted molar refractivity (Wildman–Crippen MR) is 47.9 cm³/mol. The summed E-state index contributed by atoms with van der Waals surface area (Å²) in [6.07, 6.45) is 6.99. The lowest BCUT2D eigenvalue weighted by Gasteiger charge is -2.25. The van der Waals surface area contributed by atoms with Crippen molar-refractivity contribution in [3.63, 3.8) is 0 Å². The Hall–Kier alpha value is 0.250. The van der Waals surface area contributed by atoms with Crippen LogP contribution < -0.4 is 0 Å². The third-order valence-electron chi connectivity index (χ3n) is 2.60. The molecule has 2 heteroatoms. The fourth-order valence-electron chi connectivity index (χ4n) is 1.87. The lowest BCUT2D eigenvalue weighted by Crippen LogP contribution is -2.23. The van der Waals surface area contributed by atoms with Crippen molar-refractivity contribution in [1.29, 1.82) is 0 Å². The van der Waals surface area contributed by atoms with Gasteiger partial charge in [-0.2, -0.15) is 0 Å². The minimum Gasteiger partial charge on any atom is -0.393 e. The molecule has 0 heterocycles. The summed E-state index contributed by atoms with van der Waals surface area (Å²) in [5.74, 6) is 1.14. The van der Waals surface area contributed by atoms with Gasteiger partial charge in [0.1, 0.15) is 0 Å². The lowest BCUT2D eigenvalue weighted by molar-refractivity contribution is 0.0823. The van der Waals surface area contributed by atoms with Crippen molar-refractivity contribution in [2.75, 3.05) is 5.88 Å². The van der Waals surface area contributed by atoms with E-state index in [1.54, 1.807) is 0 Å². The van der Waals surface area contributed by atoms with Gasteiger partial charge in [0.25, 0.3) is 0 Å². The van der Waals surface area contributed by atoms with Crippen LogP contribution in [0.4, 0.5) is 0 Å². The van der Waals surface area contributed by atoms with E-state index in [1.807, 2.05) is 0 Å². The number of aliphatic hydroxyl groups excluding tert-OH is 1. The van der Waals surface area contributed by atoms with E-state index in [9.17, 15) is 5.11 Å². The van der Waals surface area contributed by atoms with Crippen LogP contribution in [-0.4, -0.2) is 17.1 Å². The second-order valence-corrected chi connectivity index (χ2v) is 3.82. The van der Waals surface area contributed by atoms with Crippen LogP contribution in [0.2, 0.25) is 0 Å². The van der Waals surface area contributed by atoms with Crippen LogP contribution in [0.15, 0.2) is 0 Å². The highest BCUT2D eigenvalue weighted by Gasteiger charge is 2.20. The van der Waals surface area contributed by atoms with E-state index in [4.69, 9.17) is 11.6 Å². The molecule has 0 unspecified atom stereocenters. The average molecular weight is 177 g/mol. The van der Waals surface area contributed by atoms with E-state index >= 15 is 0 Å². The summed E-state index contributed by atoms with van der Waals surface area (Å²) < 4.78 is 0. The van der Waals surface area contributed by atoms with Gasteiger partial charge in [0.15, 0.2) is 0 Å². The highest BCUT2D eigenvalue weighted by Crippen LogP contribution is 2.27. The molecule has 1 aliphatic carbocycles. The number of hydrogen-bond donors (Lipinski definition) is 1. The largest absolute Gasteiger partial charge is 0.393 e. The lowest BCUT2D eigenvalue weighted by atomic mass is 9.84. The second kappa shape index (κ2) is 5.00. The van der Waals surface area contributed by atoms with Crippen LogP contribution in [0.3, 0.4) is 0 Å². The first-order chi connectivity index (χ1) is 5.34. The normalized spacial score (nSPS) is 23.5. The molecule has 0 amide bonds. The molecule has 0 aliphatic heterocycles. The first-order valence-corrected chi connectivity index (χ1v) is 5.12. The topological polar surface area (TPSA) is 20.2 Å². The van der Waals surface area contributed by atoms with Gasteiger partial charge in [0, 0.05) is 5.88 Å². The van der Waals surface area contributed by atoms with Gasteiger partial charge in [-0.25, -0.2) is 0 Å². The molecule has 1 atom stereocenters. The Bertz CT molecular complexity index is 99.7. The molecule has 0 spiro atoms. The Balaban J connectivity index is 2.21. The summed E-state index contributed by atoms with van der Waals surface area (Å²) in [6, 6.07) is 0. The van der Waals surface area contributed by atoms with Gasteiger partial charge in [0.2, 0.25) is 0 Å². The van der Waals surface area contributed by atoms with Gasteiger partial charge in [-0.3, -0.25) is 0 Å². The minimum absolute atomic E-state index is 0.132. The predicted octanol–water partition coefficient (Wildman–Crippen LogP) is 2.56. The molecule has 1 saturated carbocycles. The Kier molecular flexibility index (Phi) is 4.24. The van der Waals surface area contributed by atoms with Gasteiger partial charge in [-0.1, -0.05) is 19.3 Å². The quantitative estimate of drug-likeness (QED) is 0.656. The Morgan fingerprint density at radius 1 is 1.27 bits per heavy atom. The highest BCUT2D eigenvalue weighted by atomic mass is 35.5. The standard InChI is InChI=1S/C9H17ClO/c10-7-6-9(11)8-4-2-1-3-5-8/h8-9,11H,1-7H2/t9-/m1/s1. The van der Waals surface area contributed by atoms with Crippen LogP contribution in [0.1, 0.15) is 38.5 Å².